The second-order valence-corrected chi connectivity index (χ2v) is 6.40. The second kappa shape index (κ2) is 13.3. The molecule has 0 aliphatic carbocycles. The van der Waals surface area contributed by atoms with Crippen molar-refractivity contribution in [3.8, 4) is 0 Å². The molecule has 2 nitrogen and oxygen atoms in total. The number of likely N-dealkylation sites (N-methyl/N-ethyl adjacent to an activating group) is 1. The van der Waals surface area contributed by atoms with Gasteiger partial charge in [-0.3, -0.25) is 4.79 Å². The molecule has 0 spiro atoms. The molecule has 0 aromatic heterocycles. The van der Waals surface area contributed by atoms with Crippen molar-refractivity contribution in [3.05, 3.63) is 34.9 Å². The number of nitrogens with one attached hydrogen (secondary N) is 1. The van der Waals surface area contributed by atoms with Crippen LogP contribution in [0, 0.1) is 13.8 Å². The number of unbranched alkanes of at least 4 members (excludes halogenated alkanes) is 1. The Bertz CT molecular complexity index is 439. The third-order valence-corrected chi connectivity index (χ3v) is 4.25. The molecule has 0 radical (unpaired) electrons. The molecule has 0 bridgehead atoms. The van der Waals surface area contributed by atoms with Crippen LogP contribution in [-0.2, 0) is 4.79 Å². The van der Waals surface area contributed by atoms with Gasteiger partial charge in [0.1, 0.15) is 5.78 Å². The number of hydrogen-bond acceptors (Lipinski definition) is 2. The molecule has 0 aliphatic heterocycles. The van der Waals surface area contributed by atoms with Crippen molar-refractivity contribution in [3.63, 3.8) is 0 Å². The summed E-state index contributed by atoms with van der Waals surface area (Å²) in [6.45, 7) is 14.0. The number of hydrogen-bond donors (Lipinski definition) is 1. The zero-order valence-corrected chi connectivity index (χ0v) is 16.2. The molecule has 1 aromatic carbocycles. The van der Waals surface area contributed by atoms with E-state index in [1.165, 1.54) is 43.2 Å². The Morgan fingerprint density at radius 3 is 2.26 bits per heavy atom. The zero-order chi connectivity index (χ0) is 17.7. The minimum atomic E-state index is 0.196. The Morgan fingerprint density at radius 2 is 1.78 bits per heavy atom. The summed E-state index contributed by atoms with van der Waals surface area (Å²) in [5.41, 5.74) is 4.54. The molecular weight excluding hydrogens is 282 g/mol. The highest BCUT2D eigenvalue weighted by molar-refractivity contribution is 5.77. The molecule has 2 heteroatoms. The van der Waals surface area contributed by atoms with Gasteiger partial charge in [-0.1, -0.05) is 58.2 Å². The van der Waals surface area contributed by atoms with E-state index < -0.39 is 0 Å². The predicted molar refractivity (Wildman–Crippen MR) is 102 cm³/mol. The number of ketones is 1. The molecule has 0 amide bonds. The summed E-state index contributed by atoms with van der Waals surface area (Å²) in [6.07, 6.45) is 6.66. The summed E-state index contributed by atoms with van der Waals surface area (Å²) < 4.78 is 0. The van der Waals surface area contributed by atoms with Gasteiger partial charge in [-0.2, -0.15) is 0 Å². The van der Waals surface area contributed by atoms with Crippen LogP contribution in [0.3, 0.4) is 0 Å². The van der Waals surface area contributed by atoms with Crippen LogP contribution >= 0.6 is 0 Å². The van der Waals surface area contributed by atoms with E-state index >= 15 is 0 Å². The van der Waals surface area contributed by atoms with E-state index in [9.17, 15) is 4.79 Å². The fourth-order valence-corrected chi connectivity index (χ4v) is 2.77. The maximum absolute atomic E-state index is 10.1. The predicted octanol–water partition coefficient (Wildman–Crippen LogP) is 5.56. The lowest BCUT2D eigenvalue weighted by molar-refractivity contribution is -0.116. The van der Waals surface area contributed by atoms with Crippen molar-refractivity contribution in [1.29, 1.82) is 0 Å². The molecule has 1 rings (SSSR count). The summed E-state index contributed by atoms with van der Waals surface area (Å²) in [4.78, 5) is 10.1. The van der Waals surface area contributed by atoms with Gasteiger partial charge in [-0.15, -0.1) is 0 Å². The van der Waals surface area contributed by atoms with Crippen molar-refractivity contribution in [1.82, 2.24) is 5.32 Å². The van der Waals surface area contributed by atoms with Gasteiger partial charge in [-0.05, 0) is 62.8 Å². The van der Waals surface area contributed by atoms with E-state index in [0.29, 0.717) is 6.54 Å². The molecule has 0 heterocycles. The van der Waals surface area contributed by atoms with E-state index in [0.717, 1.165) is 12.5 Å². The van der Waals surface area contributed by atoms with E-state index in [4.69, 9.17) is 0 Å². The average Bonchev–Trinajstić information content (AvgIpc) is 2.53. The summed E-state index contributed by atoms with van der Waals surface area (Å²) in [5, 5.41) is 2.90. The summed E-state index contributed by atoms with van der Waals surface area (Å²) in [6, 6.07) is 6.77. The number of carbonyl (C=O) groups is 1. The smallest absolute Gasteiger partial charge is 0.143 e. The molecule has 1 N–H and O–H groups in total. The SMILES string of the molecule is CCCCC(CCC)c1cccc(C)c1C.CCNCC(C)=O. The Balaban J connectivity index is 0.000000585. The third kappa shape index (κ3) is 9.55. The van der Waals surface area contributed by atoms with Crippen molar-refractivity contribution in [2.75, 3.05) is 13.1 Å². The van der Waals surface area contributed by atoms with Crippen LogP contribution in [0.25, 0.3) is 0 Å². The van der Waals surface area contributed by atoms with Gasteiger partial charge in [0.15, 0.2) is 0 Å². The molecule has 0 saturated heterocycles. The highest BCUT2D eigenvalue weighted by Gasteiger charge is 2.13. The van der Waals surface area contributed by atoms with Crippen LogP contribution in [0.2, 0.25) is 0 Å². The van der Waals surface area contributed by atoms with Crippen LogP contribution < -0.4 is 5.32 Å². The second-order valence-electron chi connectivity index (χ2n) is 6.40. The van der Waals surface area contributed by atoms with Gasteiger partial charge in [0.2, 0.25) is 0 Å². The Labute approximate surface area is 144 Å². The van der Waals surface area contributed by atoms with Gasteiger partial charge < -0.3 is 5.32 Å². The van der Waals surface area contributed by atoms with Crippen LogP contribution in [0.5, 0.6) is 0 Å². The summed E-state index contributed by atoms with van der Waals surface area (Å²) >= 11 is 0. The quantitative estimate of drug-likeness (QED) is 0.645. The van der Waals surface area contributed by atoms with Gasteiger partial charge in [0.25, 0.3) is 0 Å². The molecule has 1 unspecified atom stereocenters. The van der Waals surface area contributed by atoms with Crippen LogP contribution in [0.4, 0.5) is 0 Å². The fourth-order valence-electron chi connectivity index (χ4n) is 2.77. The molecular formula is C21H37NO. The number of carbonyl (C=O) groups excluding carboxylic acids is 1. The molecule has 0 saturated carbocycles. The molecule has 0 fully saturated rings. The number of aryl methyl sites for hydroxylation is 1. The van der Waals surface area contributed by atoms with Gasteiger partial charge in [-0.25, -0.2) is 0 Å². The van der Waals surface area contributed by atoms with Crippen LogP contribution in [-0.4, -0.2) is 18.9 Å². The largest absolute Gasteiger partial charge is 0.310 e. The standard InChI is InChI=1S/C16H26.C5H11NO/c1-5-7-11-15(9-6-2)16-12-8-10-13(3)14(16)4;1-3-6-4-5(2)7/h8,10,12,15H,5-7,9,11H2,1-4H3;6H,3-4H2,1-2H3. The van der Waals surface area contributed by atoms with E-state index in [1.54, 1.807) is 12.5 Å². The molecule has 1 atom stereocenters. The maximum Gasteiger partial charge on any atom is 0.143 e. The third-order valence-electron chi connectivity index (χ3n) is 4.25. The first kappa shape index (κ1) is 21.9. The van der Waals surface area contributed by atoms with Gasteiger partial charge in [0.05, 0.1) is 6.54 Å². The first-order valence-electron chi connectivity index (χ1n) is 9.24. The molecule has 1 aromatic rings. The highest BCUT2D eigenvalue weighted by atomic mass is 16.1. The van der Waals surface area contributed by atoms with Crippen molar-refractivity contribution in [2.45, 2.75) is 79.6 Å². The summed E-state index contributed by atoms with van der Waals surface area (Å²) in [7, 11) is 0. The van der Waals surface area contributed by atoms with E-state index in [-0.39, 0.29) is 5.78 Å². The van der Waals surface area contributed by atoms with E-state index in [2.05, 4.69) is 51.2 Å². The van der Waals surface area contributed by atoms with Crippen molar-refractivity contribution in [2.24, 2.45) is 0 Å². The maximum atomic E-state index is 10.1. The summed E-state index contributed by atoms with van der Waals surface area (Å²) in [5.74, 6) is 0.978. The number of benzene rings is 1. The Hall–Kier alpha value is -1.15. The van der Waals surface area contributed by atoms with Crippen LogP contribution in [0.15, 0.2) is 18.2 Å². The molecule has 0 aliphatic rings. The first-order valence-corrected chi connectivity index (χ1v) is 9.24. The Kier molecular flexibility index (Phi) is 12.6. The lowest BCUT2D eigenvalue weighted by atomic mass is 9.86. The monoisotopic (exact) mass is 319 g/mol. The number of rotatable bonds is 9. The molecule has 132 valence electrons. The minimum Gasteiger partial charge on any atom is -0.310 e. The van der Waals surface area contributed by atoms with Gasteiger partial charge >= 0.3 is 0 Å². The lowest BCUT2D eigenvalue weighted by Gasteiger charge is -2.19. The topological polar surface area (TPSA) is 29.1 Å². The van der Waals surface area contributed by atoms with Gasteiger partial charge in [0, 0.05) is 0 Å². The van der Waals surface area contributed by atoms with Crippen molar-refractivity contribution < 1.29 is 4.79 Å². The minimum absolute atomic E-state index is 0.196. The molecule has 23 heavy (non-hydrogen) atoms. The van der Waals surface area contributed by atoms with Crippen LogP contribution in [0.1, 0.15) is 82.4 Å². The normalized spacial score (nSPS) is 11.6. The zero-order valence-electron chi connectivity index (χ0n) is 16.2. The Morgan fingerprint density at radius 1 is 1.09 bits per heavy atom. The highest BCUT2D eigenvalue weighted by Crippen LogP contribution is 2.30. The lowest BCUT2D eigenvalue weighted by Crippen LogP contribution is -2.19. The van der Waals surface area contributed by atoms with E-state index in [1.807, 2.05) is 6.92 Å². The number of Topliss-reactive ketones (excluding diaryl/α,β-unsaturated/α-hetero) is 1. The first-order chi connectivity index (χ1) is 11.0. The fraction of sp³-hybridized carbons (Fsp3) is 0.667. The van der Waals surface area contributed by atoms with Crippen molar-refractivity contribution >= 4 is 5.78 Å². The average molecular weight is 320 g/mol.